The Bertz CT molecular complexity index is 486. The summed E-state index contributed by atoms with van der Waals surface area (Å²) in [6.45, 7) is 0. The van der Waals surface area contributed by atoms with Crippen LogP contribution < -0.4 is 10.9 Å². The van der Waals surface area contributed by atoms with E-state index in [0.717, 1.165) is 13.2 Å². The number of nitrogens with one attached hydrogen (secondary N) is 2. The smallest absolute Gasteiger partial charge is 0.424 e. The summed E-state index contributed by atoms with van der Waals surface area (Å²) in [7, 11) is 0.826. The third-order valence-electron chi connectivity index (χ3n) is 2.01. The van der Waals surface area contributed by atoms with Crippen LogP contribution in [0.15, 0.2) is 36.0 Å². The van der Waals surface area contributed by atoms with E-state index in [1.165, 1.54) is 18.2 Å². The van der Waals surface area contributed by atoms with Crippen LogP contribution in [0.4, 0.5) is 23.2 Å². The Labute approximate surface area is 106 Å². The lowest BCUT2D eigenvalue weighted by molar-refractivity contribution is -0.148. The van der Waals surface area contributed by atoms with Crippen molar-refractivity contribution in [2.45, 2.75) is 6.18 Å². The number of carbonyl (C=O) groups is 1. The van der Waals surface area contributed by atoms with Gasteiger partial charge in [0, 0.05) is 6.20 Å². The number of carbonyl (C=O) groups excluding carboxylic acids is 1. The fourth-order valence-corrected chi connectivity index (χ4v) is 1.12. The Morgan fingerprint density at radius 3 is 2.47 bits per heavy atom. The monoisotopic (exact) mass is 278 g/mol. The molecule has 0 aliphatic rings. The fourth-order valence-electron chi connectivity index (χ4n) is 1.12. The average molecular weight is 278 g/mol. The Balaban J connectivity index is 2.78. The normalized spacial score (nSPS) is 11.9. The first-order valence-electron chi connectivity index (χ1n) is 4.98. The van der Waals surface area contributed by atoms with Gasteiger partial charge in [-0.25, -0.2) is 9.18 Å². The summed E-state index contributed by atoms with van der Waals surface area (Å²) in [5.41, 5.74) is 2.57. The molecule has 0 aliphatic carbocycles. The number of rotatable bonds is 4. The Kier molecular flexibility index (Phi) is 4.74. The van der Waals surface area contributed by atoms with E-state index in [1.807, 2.05) is 5.43 Å². The van der Waals surface area contributed by atoms with Gasteiger partial charge in [0.2, 0.25) is 0 Å². The van der Waals surface area contributed by atoms with Gasteiger partial charge in [0.25, 0.3) is 0 Å². The zero-order chi connectivity index (χ0) is 14.5. The third-order valence-corrected chi connectivity index (χ3v) is 2.01. The van der Waals surface area contributed by atoms with Crippen LogP contribution in [0.5, 0.6) is 0 Å². The molecule has 0 amide bonds. The number of ether oxygens (including phenoxy) is 1. The van der Waals surface area contributed by atoms with Crippen molar-refractivity contribution in [1.29, 1.82) is 0 Å². The van der Waals surface area contributed by atoms with Gasteiger partial charge in [0.05, 0.1) is 12.8 Å². The molecule has 1 rings (SSSR count). The first kappa shape index (κ1) is 14.8. The molecule has 4 nitrogen and oxygen atoms in total. The molecule has 0 bridgehead atoms. The molecule has 0 unspecified atom stereocenters. The van der Waals surface area contributed by atoms with Gasteiger partial charge in [-0.05, 0) is 12.1 Å². The molecule has 0 spiro atoms. The van der Waals surface area contributed by atoms with Gasteiger partial charge < -0.3 is 10.2 Å². The van der Waals surface area contributed by atoms with Crippen molar-refractivity contribution in [2.24, 2.45) is 0 Å². The van der Waals surface area contributed by atoms with Gasteiger partial charge in [-0.2, -0.15) is 13.2 Å². The molecule has 8 heteroatoms. The predicted octanol–water partition coefficient (Wildman–Crippen LogP) is 2.36. The van der Waals surface area contributed by atoms with Gasteiger partial charge in [0.1, 0.15) is 5.82 Å². The van der Waals surface area contributed by atoms with Crippen LogP contribution in [0.2, 0.25) is 0 Å². The third kappa shape index (κ3) is 4.16. The van der Waals surface area contributed by atoms with E-state index in [4.69, 9.17) is 0 Å². The van der Waals surface area contributed by atoms with Crippen LogP contribution in [-0.4, -0.2) is 19.3 Å². The van der Waals surface area contributed by atoms with Crippen LogP contribution in [0.25, 0.3) is 0 Å². The highest BCUT2D eigenvalue weighted by molar-refractivity contribution is 5.89. The van der Waals surface area contributed by atoms with Gasteiger partial charge in [-0.1, -0.05) is 12.1 Å². The largest absolute Gasteiger partial charge is 0.465 e. The SMILES string of the molecule is COC(=O)/C(=C/NNc1ccccc1F)C(F)(F)F. The van der Waals surface area contributed by atoms with E-state index in [9.17, 15) is 22.4 Å². The first-order valence-corrected chi connectivity index (χ1v) is 4.98. The lowest BCUT2D eigenvalue weighted by Crippen LogP contribution is -2.26. The molecule has 104 valence electrons. The molecule has 0 fully saturated rings. The topological polar surface area (TPSA) is 50.4 Å². The minimum absolute atomic E-state index is 0.0647. The molecule has 19 heavy (non-hydrogen) atoms. The average Bonchev–Trinajstić information content (AvgIpc) is 2.34. The van der Waals surface area contributed by atoms with Gasteiger partial charge >= 0.3 is 12.1 Å². The van der Waals surface area contributed by atoms with E-state index < -0.39 is 23.5 Å². The lowest BCUT2D eigenvalue weighted by Gasteiger charge is -2.11. The number of para-hydroxylation sites is 1. The number of alkyl halides is 3. The maximum Gasteiger partial charge on any atom is 0.424 e. The predicted molar refractivity (Wildman–Crippen MR) is 59.3 cm³/mol. The van der Waals surface area contributed by atoms with E-state index in [-0.39, 0.29) is 5.69 Å². The maximum absolute atomic E-state index is 13.1. The van der Waals surface area contributed by atoms with Crippen molar-refractivity contribution in [1.82, 2.24) is 5.43 Å². The minimum Gasteiger partial charge on any atom is -0.465 e. The number of hydrogen-bond donors (Lipinski definition) is 2. The maximum atomic E-state index is 13.1. The molecule has 0 aliphatic heterocycles. The first-order chi connectivity index (χ1) is 8.86. The summed E-state index contributed by atoms with van der Waals surface area (Å²) >= 11 is 0. The number of halogens is 4. The summed E-state index contributed by atoms with van der Waals surface area (Å²) in [6, 6.07) is 5.34. The van der Waals surface area contributed by atoms with Crippen LogP contribution >= 0.6 is 0 Å². The number of hydrogen-bond acceptors (Lipinski definition) is 4. The quantitative estimate of drug-likeness (QED) is 0.384. The summed E-state index contributed by atoms with van der Waals surface area (Å²) in [5.74, 6) is -2.20. The van der Waals surface area contributed by atoms with Crippen molar-refractivity contribution >= 4 is 11.7 Å². The van der Waals surface area contributed by atoms with Crippen LogP contribution in [0.1, 0.15) is 0 Å². The number of anilines is 1. The van der Waals surface area contributed by atoms with Gasteiger partial charge in [-0.15, -0.1) is 0 Å². The standard InChI is InChI=1S/C11H10F4N2O2/c1-19-10(18)7(11(13,14)15)6-16-17-9-5-3-2-4-8(9)12/h2-6,16-17H,1H3/b7-6-. The second-order valence-electron chi connectivity index (χ2n) is 3.30. The molecular formula is C11H10F4N2O2. The minimum atomic E-state index is -4.88. The van der Waals surface area contributed by atoms with Gasteiger partial charge in [0.15, 0.2) is 5.57 Å². The fraction of sp³-hybridized carbons (Fsp3) is 0.182. The highest BCUT2D eigenvalue weighted by Gasteiger charge is 2.39. The second kappa shape index (κ2) is 6.07. The van der Waals surface area contributed by atoms with Crippen LogP contribution in [0.3, 0.4) is 0 Å². The van der Waals surface area contributed by atoms with Crippen LogP contribution in [-0.2, 0) is 9.53 Å². The zero-order valence-corrected chi connectivity index (χ0v) is 9.72. The summed E-state index contributed by atoms with van der Waals surface area (Å²) in [6.07, 6.45) is -4.52. The molecule has 0 saturated heterocycles. The van der Waals surface area contributed by atoms with Crippen molar-refractivity contribution in [3.8, 4) is 0 Å². The second-order valence-corrected chi connectivity index (χ2v) is 3.30. The summed E-state index contributed by atoms with van der Waals surface area (Å²) < 4.78 is 54.5. The van der Waals surface area contributed by atoms with E-state index in [1.54, 1.807) is 0 Å². The Morgan fingerprint density at radius 2 is 1.95 bits per heavy atom. The van der Waals surface area contributed by atoms with E-state index in [2.05, 4.69) is 10.2 Å². The number of esters is 1. The number of hydrazine groups is 1. The summed E-state index contributed by atoms with van der Waals surface area (Å²) in [5, 5.41) is 0. The number of benzene rings is 1. The zero-order valence-electron chi connectivity index (χ0n) is 9.72. The van der Waals surface area contributed by atoms with E-state index in [0.29, 0.717) is 6.20 Å². The molecule has 0 aromatic heterocycles. The lowest BCUT2D eigenvalue weighted by atomic mass is 10.3. The van der Waals surface area contributed by atoms with Gasteiger partial charge in [-0.3, -0.25) is 5.43 Å². The van der Waals surface area contributed by atoms with Crippen molar-refractivity contribution in [3.05, 3.63) is 41.9 Å². The van der Waals surface area contributed by atoms with Crippen molar-refractivity contribution in [3.63, 3.8) is 0 Å². The molecule has 0 saturated carbocycles. The molecule has 0 heterocycles. The molecule has 0 radical (unpaired) electrons. The van der Waals surface area contributed by atoms with Crippen LogP contribution in [0, 0.1) is 5.82 Å². The highest BCUT2D eigenvalue weighted by atomic mass is 19.4. The molecule has 2 N–H and O–H groups in total. The van der Waals surface area contributed by atoms with Crippen molar-refractivity contribution in [2.75, 3.05) is 12.5 Å². The molecular weight excluding hydrogens is 268 g/mol. The number of methoxy groups -OCH3 is 1. The molecule has 1 aromatic rings. The Hall–Kier alpha value is -2.25. The Morgan fingerprint density at radius 1 is 1.32 bits per heavy atom. The molecule has 0 atom stereocenters. The van der Waals surface area contributed by atoms with E-state index >= 15 is 0 Å². The summed E-state index contributed by atoms with van der Waals surface area (Å²) in [4.78, 5) is 10.9. The highest BCUT2D eigenvalue weighted by Crippen LogP contribution is 2.25. The van der Waals surface area contributed by atoms with Crippen molar-refractivity contribution < 1.29 is 27.1 Å². The molecule has 1 aromatic carbocycles.